The Kier molecular flexibility index (Phi) is 4.32. The van der Waals surface area contributed by atoms with E-state index in [2.05, 4.69) is 32.7 Å². The average molecular weight is 211 g/mol. The Bertz CT molecular complexity index is 217. The monoisotopic (exact) mass is 211 g/mol. The highest BCUT2D eigenvalue weighted by molar-refractivity contribution is 5.82. The van der Waals surface area contributed by atoms with Crippen LogP contribution in [0.15, 0.2) is 0 Å². The van der Waals surface area contributed by atoms with Crippen LogP contribution in [0, 0.1) is 11.3 Å². The van der Waals surface area contributed by atoms with Crippen LogP contribution in [0.4, 0.5) is 0 Å². The van der Waals surface area contributed by atoms with Gasteiger partial charge in [-0.2, -0.15) is 0 Å². The summed E-state index contributed by atoms with van der Waals surface area (Å²) in [5, 5.41) is 0. The number of hydrogen-bond acceptors (Lipinski definition) is 2. The van der Waals surface area contributed by atoms with Gasteiger partial charge in [-0.25, -0.2) is 0 Å². The van der Waals surface area contributed by atoms with Crippen LogP contribution in [0.5, 0.6) is 0 Å². The summed E-state index contributed by atoms with van der Waals surface area (Å²) in [6.45, 7) is 8.93. The number of ketones is 1. The lowest BCUT2D eigenvalue weighted by Gasteiger charge is -2.27. The van der Waals surface area contributed by atoms with Crippen LogP contribution in [-0.2, 0) is 4.79 Å². The zero-order chi connectivity index (χ0) is 11.5. The average Bonchev–Trinajstić information content (AvgIpc) is 2.44. The smallest absolute Gasteiger partial charge is 0.136 e. The van der Waals surface area contributed by atoms with Gasteiger partial charge >= 0.3 is 0 Å². The second kappa shape index (κ2) is 5.11. The fourth-order valence-corrected chi connectivity index (χ4v) is 2.46. The van der Waals surface area contributed by atoms with Gasteiger partial charge in [-0.3, -0.25) is 4.79 Å². The summed E-state index contributed by atoms with van der Waals surface area (Å²) >= 11 is 0. The number of carbonyl (C=O) groups is 1. The normalized spacial score (nSPS) is 22.7. The molecule has 1 rings (SSSR count). The molecule has 0 bridgehead atoms. The molecule has 88 valence electrons. The molecule has 1 aliphatic carbocycles. The minimum atomic E-state index is 0.356. The maximum atomic E-state index is 11.5. The van der Waals surface area contributed by atoms with Gasteiger partial charge in [0.05, 0.1) is 0 Å². The van der Waals surface area contributed by atoms with E-state index in [-0.39, 0.29) is 0 Å². The maximum Gasteiger partial charge on any atom is 0.136 e. The van der Waals surface area contributed by atoms with Gasteiger partial charge in [0.2, 0.25) is 0 Å². The van der Waals surface area contributed by atoms with Crippen molar-refractivity contribution in [1.29, 1.82) is 0 Å². The predicted octanol–water partition coefficient (Wildman–Crippen LogP) is 2.72. The molecule has 0 amide bonds. The predicted molar refractivity (Wildman–Crippen MR) is 63.9 cm³/mol. The molecule has 1 saturated carbocycles. The van der Waals surface area contributed by atoms with Crippen molar-refractivity contribution < 1.29 is 4.79 Å². The minimum absolute atomic E-state index is 0.356. The SMILES string of the molecule is CN(CCC1CCCC1=O)CC(C)(C)C. The molecule has 0 N–H and O–H groups in total. The largest absolute Gasteiger partial charge is 0.306 e. The Hall–Kier alpha value is -0.370. The van der Waals surface area contributed by atoms with Gasteiger partial charge in [-0.1, -0.05) is 20.8 Å². The molecule has 2 heteroatoms. The highest BCUT2D eigenvalue weighted by Gasteiger charge is 2.24. The van der Waals surface area contributed by atoms with E-state index >= 15 is 0 Å². The molecule has 0 spiro atoms. The molecular formula is C13H25NO. The first-order chi connectivity index (χ1) is 6.88. The molecule has 0 radical (unpaired) electrons. The summed E-state index contributed by atoms with van der Waals surface area (Å²) in [4.78, 5) is 13.8. The van der Waals surface area contributed by atoms with Crippen LogP contribution in [-0.4, -0.2) is 30.8 Å². The van der Waals surface area contributed by atoms with E-state index in [4.69, 9.17) is 0 Å². The van der Waals surface area contributed by atoms with Crippen molar-refractivity contribution in [2.75, 3.05) is 20.1 Å². The first-order valence-corrected chi connectivity index (χ1v) is 6.10. The molecule has 1 fully saturated rings. The molecule has 15 heavy (non-hydrogen) atoms. The topological polar surface area (TPSA) is 20.3 Å². The van der Waals surface area contributed by atoms with Gasteiger partial charge in [-0.05, 0) is 38.3 Å². The molecule has 0 saturated heterocycles. The summed E-state index contributed by atoms with van der Waals surface area (Å²) in [6.07, 6.45) is 4.13. The van der Waals surface area contributed by atoms with Gasteiger partial charge in [0.25, 0.3) is 0 Å². The van der Waals surface area contributed by atoms with E-state index < -0.39 is 0 Å². The Labute approximate surface area is 94.0 Å². The molecule has 0 aromatic rings. The number of nitrogens with zero attached hydrogens (tertiary/aromatic N) is 1. The second-order valence-corrected chi connectivity index (χ2v) is 6.14. The van der Waals surface area contributed by atoms with Gasteiger partial charge < -0.3 is 4.90 Å². The summed E-state index contributed by atoms with van der Waals surface area (Å²) in [5.41, 5.74) is 0.356. The zero-order valence-corrected chi connectivity index (χ0v) is 10.7. The van der Waals surface area contributed by atoms with Crippen LogP contribution in [0.2, 0.25) is 0 Å². The third-order valence-electron chi connectivity index (χ3n) is 3.03. The molecule has 0 heterocycles. The number of Topliss-reactive ketones (excluding diaryl/α,β-unsaturated/α-hetero) is 1. The molecule has 0 aliphatic heterocycles. The minimum Gasteiger partial charge on any atom is -0.306 e. The Morgan fingerprint density at radius 3 is 2.53 bits per heavy atom. The van der Waals surface area contributed by atoms with Crippen molar-refractivity contribution in [1.82, 2.24) is 4.90 Å². The van der Waals surface area contributed by atoms with E-state index in [0.29, 0.717) is 17.1 Å². The molecule has 1 atom stereocenters. The lowest BCUT2D eigenvalue weighted by molar-refractivity contribution is -0.120. The highest BCUT2D eigenvalue weighted by Crippen LogP contribution is 2.24. The third kappa shape index (κ3) is 4.78. The number of carbonyl (C=O) groups excluding carboxylic acids is 1. The van der Waals surface area contributed by atoms with Crippen molar-refractivity contribution in [2.24, 2.45) is 11.3 Å². The quantitative estimate of drug-likeness (QED) is 0.712. The Morgan fingerprint density at radius 2 is 2.07 bits per heavy atom. The van der Waals surface area contributed by atoms with Crippen molar-refractivity contribution in [3.05, 3.63) is 0 Å². The maximum absolute atomic E-state index is 11.5. The standard InChI is InChI=1S/C13H25NO/c1-13(2,3)10-14(4)9-8-11-6-5-7-12(11)15/h11H,5-10H2,1-4H3. The van der Waals surface area contributed by atoms with E-state index in [0.717, 1.165) is 38.8 Å². The van der Waals surface area contributed by atoms with Crippen LogP contribution < -0.4 is 0 Å². The zero-order valence-electron chi connectivity index (χ0n) is 10.7. The van der Waals surface area contributed by atoms with E-state index in [1.807, 2.05) is 0 Å². The first-order valence-electron chi connectivity index (χ1n) is 6.10. The van der Waals surface area contributed by atoms with Gasteiger partial charge in [0, 0.05) is 18.9 Å². The Balaban J connectivity index is 2.22. The number of rotatable bonds is 4. The van der Waals surface area contributed by atoms with Crippen molar-refractivity contribution in [3.63, 3.8) is 0 Å². The van der Waals surface area contributed by atoms with Crippen LogP contribution in [0.1, 0.15) is 46.5 Å². The van der Waals surface area contributed by atoms with E-state index in [1.165, 1.54) is 0 Å². The van der Waals surface area contributed by atoms with Crippen molar-refractivity contribution >= 4 is 5.78 Å². The van der Waals surface area contributed by atoms with E-state index in [9.17, 15) is 4.79 Å². The van der Waals surface area contributed by atoms with E-state index in [1.54, 1.807) is 0 Å². The summed E-state index contributed by atoms with van der Waals surface area (Å²) < 4.78 is 0. The lowest BCUT2D eigenvalue weighted by atomic mass is 9.95. The fraction of sp³-hybridized carbons (Fsp3) is 0.923. The summed E-state index contributed by atoms with van der Waals surface area (Å²) in [7, 11) is 2.16. The molecule has 1 aliphatic rings. The van der Waals surface area contributed by atoms with Crippen LogP contribution in [0.25, 0.3) is 0 Å². The molecule has 2 nitrogen and oxygen atoms in total. The molecule has 0 aromatic carbocycles. The third-order valence-corrected chi connectivity index (χ3v) is 3.03. The Morgan fingerprint density at radius 1 is 1.40 bits per heavy atom. The summed E-state index contributed by atoms with van der Waals surface area (Å²) in [5.74, 6) is 0.867. The fourth-order valence-electron chi connectivity index (χ4n) is 2.46. The molecular weight excluding hydrogens is 186 g/mol. The van der Waals surface area contributed by atoms with Crippen molar-refractivity contribution in [2.45, 2.75) is 46.5 Å². The van der Waals surface area contributed by atoms with Gasteiger partial charge in [0.1, 0.15) is 5.78 Å². The first kappa shape index (κ1) is 12.7. The molecule has 1 unspecified atom stereocenters. The summed E-state index contributed by atoms with van der Waals surface area (Å²) in [6, 6.07) is 0. The van der Waals surface area contributed by atoms with Crippen molar-refractivity contribution in [3.8, 4) is 0 Å². The second-order valence-electron chi connectivity index (χ2n) is 6.14. The molecule has 0 aromatic heterocycles. The lowest BCUT2D eigenvalue weighted by Crippen LogP contribution is -2.31. The van der Waals surface area contributed by atoms with Gasteiger partial charge in [0.15, 0.2) is 0 Å². The number of hydrogen-bond donors (Lipinski definition) is 0. The van der Waals surface area contributed by atoms with Crippen LogP contribution >= 0.6 is 0 Å². The van der Waals surface area contributed by atoms with Gasteiger partial charge in [-0.15, -0.1) is 0 Å². The van der Waals surface area contributed by atoms with Crippen LogP contribution in [0.3, 0.4) is 0 Å². The highest BCUT2D eigenvalue weighted by atomic mass is 16.1.